The molecule has 0 bridgehead atoms. The second-order valence-electron chi connectivity index (χ2n) is 7.24. The lowest BCUT2D eigenvalue weighted by atomic mass is 9.96. The van der Waals surface area contributed by atoms with E-state index in [0.717, 1.165) is 11.8 Å². The molecule has 2 heterocycles. The van der Waals surface area contributed by atoms with Gasteiger partial charge in [0.15, 0.2) is 0 Å². The number of fused-ring (bicyclic) bond motifs is 1. The minimum Gasteiger partial charge on any atom is -0.481 e. The van der Waals surface area contributed by atoms with Crippen LogP contribution in [0.5, 0.6) is 0 Å². The number of aliphatic carboxylic acids is 1. The Kier molecular flexibility index (Phi) is 6.70. The number of hydrogen-bond donors (Lipinski definition) is 1. The molecule has 2 atom stereocenters. The van der Waals surface area contributed by atoms with Crippen LogP contribution >= 0.6 is 58.8 Å². The lowest BCUT2D eigenvalue weighted by molar-refractivity contribution is -0.137. The second kappa shape index (κ2) is 9.19. The molecular weight excluding hydrogens is 515 g/mol. The number of benzene rings is 2. The average Bonchev–Trinajstić information content (AvgIpc) is 3.15. The fourth-order valence-corrected chi connectivity index (χ4v) is 6.17. The zero-order chi connectivity index (χ0) is 23.2. The Morgan fingerprint density at radius 1 is 1.06 bits per heavy atom. The minimum atomic E-state index is -1.04. The van der Waals surface area contributed by atoms with Gasteiger partial charge < -0.3 is 10.0 Å². The number of hydrogen-bond acceptors (Lipinski definition) is 5. The van der Waals surface area contributed by atoms with E-state index >= 15 is 0 Å². The minimum absolute atomic E-state index is 0.0429. The Balaban J connectivity index is 1.69. The maximum absolute atomic E-state index is 13.6. The van der Waals surface area contributed by atoms with Crippen molar-refractivity contribution in [3.05, 3.63) is 62.6 Å². The van der Waals surface area contributed by atoms with E-state index in [4.69, 9.17) is 52.1 Å². The lowest BCUT2D eigenvalue weighted by Crippen LogP contribution is -2.38. The van der Waals surface area contributed by atoms with E-state index in [9.17, 15) is 14.4 Å². The number of nitrogens with zero attached hydrogens (tertiary/aromatic N) is 2. The molecule has 2 aliphatic heterocycles. The summed E-state index contributed by atoms with van der Waals surface area (Å²) in [5, 5.41) is 9.43. The summed E-state index contributed by atoms with van der Waals surface area (Å²) in [6.07, 6.45) is -0.239. The third-order valence-corrected chi connectivity index (χ3v) is 7.94. The summed E-state index contributed by atoms with van der Waals surface area (Å²) in [6, 6.07) is 10.2. The van der Waals surface area contributed by atoms with E-state index in [1.165, 1.54) is 4.90 Å². The molecule has 1 fully saturated rings. The molecule has 0 aliphatic carbocycles. The van der Waals surface area contributed by atoms with Crippen molar-refractivity contribution in [2.75, 3.05) is 11.4 Å². The van der Waals surface area contributed by atoms with Crippen molar-refractivity contribution in [3.8, 4) is 0 Å². The van der Waals surface area contributed by atoms with Gasteiger partial charge in [-0.3, -0.25) is 19.3 Å². The zero-order valence-corrected chi connectivity index (χ0v) is 20.2. The normalized spacial score (nSPS) is 20.3. The first kappa shape index (κ1) is 23.3. The Hall–Kier alpha value is -1.84. The van der Waals surface area contributed by atoms with Crippen LogP contribution in [0, 0.1) is 0 Å². The van der Waals surface area contributed by atoms with E-state index in [-0.39, 0.29) is 35.6 Å². The monoisotopic (exact) mass is 528 g/mol. The first-order chi connectivity index (χ1) is 15.2. The molecule has 166 valence electrons. The molecule has 2 aliphatic rings. The average molecular weight is 530 g/mol. The molecule has 0 saturated carbocycles. The number of carbonyl (C=O) groups excluding carboxylic acids is 2. The number of halogens is 3. The standard InChI is InChI=1S/C21H15Cl3N2O4S2/c22-10-4-5-15-11(8-10)17(18-20(30)25(21(31)32-18)7-6-16(27)28)19(29)26(15)9-12-13(23)2-1-3-14(12)24/h1-5,8,17-18H,6-7,9H2,(H,27,28). The molecule has 1 saturated heterocycles. The van der Waals surface area contributed by atoms with Gasteiger partial charge >= 0.3 is 5.97 Å². The number of carboxylic acids is 1. The molecule has 0 radical (unpaired) electrons. The molecular formula is C21H15Cl3N2O4S2. The van der Waals surface area contributed by atoms with Gasteiger partial charge in [0.25, 0.3) is 0 Å². The molecule has 2 unspecified atom stereocenters. The van der Waals surface area contributed by atoms with Gasteiger partial charge in [-0.05, 0) is 35.9 Å². The molecule has 1 N–H and O–H groups in total. The first-order valence-corrected chi connectivity index (χ1v) is 11.9. The topological polar surface area (TPSA) is 77.9 Å². The van der Waals surface area contributed by atoms with Crippen LogP contribution in [0.4, 0.5) is 5.69 Å². The van der Waals surface area contributed by atoms with Crippen LogP contribution in [0.1, 0.15) is 23.5 Å². The van der Waals surface area contributed by atoms with Crippen molar-refractivity contribution in [2.24, 2.45) is 0 Å². The van der Waals surface area contributed by atoms with Gasteiger partial charge in [-0.25, -0.2) is 0 Å². The van der Waals surface area contributed by atoms with Crippen molar-refractivity contribution in [1.29, 1.82) is 0 Å². The molecule has 2 amide bonds. The maximum Gasteiger partial charge on any atom is 0.305 e. The molecule has 4 rings (SSSR count). The number of amides is 2. The van der Waals surface area contributed by atoms with Gasteiger partial charge in [-0.1, -0.05) is 64.8 Å². The predicted molar refractivity (Wildman–Crippen MR) is 130 cm³/mol. The van der Waals surface area contributed by atoms with Crippen LogP contribution in [0.2, 0.25) is 15.1 Å². The number of anilines is 1. The van der Waals surface area contributed by atoms with E-state index in [1.807, 2.05) is 0 Å². The number of carbonyl (C=O) groups is 3. The smallest absolute Gasteiger partial charge is 0.305 e. The molecule has 6 nitrogen and oxygen atoms in total. The number of carboxylic acid groups (broad SMARTS) is 1. The van der Waals surface area contributed by atoms with Gasteiger partial charge in [0.2, 0.25) is 11.8 Å². The van der Waals surface area contributed by atoms with Gasteiger partial charge in [-0.2, -0.15) is 0 Å². The van der Waals surface area contributed by atoms with Crippen LogP contribution in [0.3, 0.4) is 0 Å². The van der Waals surface area contributed by atoms with Crippen molar-refractivity contribution in [2.45, 2.75) is 24.1 Å². The first-order valence-electron chi connectivity index (χ1n) is 9.46. The van der Waals surface area contributed by atoms with Crippen molar-refractivity contribution in [1.82, 2.24) is 4.90 Å². The molecule has 0 aromatic heterocycles. The van der Waals surface area contributed by atoms with Crippen LogP contribution in [-0.2, 0) is 20.9 Å². The summed E-state index contributed by atoms with van der Waals surface area (Å²) < 4.78 is 0.255. The zero-order valence-electron chi connectivity index (χ0n) is 16.3. The highest BCUT2D eigenvalue weighted by Gasteiger charge is 2.50. The molecule has 2 aromatic rings. The van der Waals surface area contributed by atoms with Crippen LogP contribution in [0.25, 0.3) is 0 Å². The SMILES string of the molecule is O=C(O)CCN1C(=O)C(C2C(=O)N(Cc3c(Cl)cccc3Cl)c3ccc(Cl)cc32)SC1=S. The van der Waals surface area contributed by atoms with Crippen molar-refractivity contribution >= 4 is 86.6 Å². The van der Waals surface area contributed by atoms with Crippen LogP contribution in [0.15, 0.2) is 36.4 Å². The van der Waals surface area contributed by atoms with E-state index in [0.29, 0.717) is 31.9 Å². The van der Waals surface area contributed by atoms with E-state index < -0.39 is 17.1 Å². The number of rotatable bonds is 6. The summed E-state index contributed by atoms with van der Waals surface area (Å²) in [7, 11) is 0. The Morgan fingerprint density at radius 3 is 2.41 bits per heavy atom. The van der Waals surface area contributed by atoms with Crippen molar-refractivity contribution in [3.63, 3.8) is 0 Å². The van der Waals surface area contributed by atoms with Crippen LogP contribution < -0.4 is 4.90 Å². The van der Waals surface area contributed by atoms with Gasteiger partial charge in [0, 0.05) is 32.9 Å². The van der Waals surface area contributed by atoms with Gasteiger partial charge in [0.1, 0.15) is 9.57 Å². The predicted octanol–water partition coefficient (Wildman–Crippen LogP) is 4.98. The Morgan fingerprint density at radius 2 is 1.75 bits per heavy atom. The summed E-state index contributed by atoms with van der Waals surface area (Å²) in [5.74, 6) is -2.55. The van der Waals surface area contributed by atoms with E-state index in [1.54, 1.807) is 41.3 Å². The highest BCUT2D eigenvalue weighted by atomic mass is 35.5. The molecule has 2 aromatic carbocycles. The highest BCUT2D eigenvalue weighted by Crippen LogP contribution is 2.47. The highest BCUT2D eigenvalue weighted by molar-refractivity contribution is 8.24. The Bertz CT molecular complexity index is 1140. The summed E-state index contributed by atoms with van der Waals surface area (Å²) in [5.41, 5.74) is 1.82. The number of thioether (sulfide) groups is 1. The molecule has 0 spiro atoms. The van der Waals surface area contributed by atoms with Crippen molar-refractivity contribution < 1.29 is 19.5 Å². The third-order valence-electron chi connectivity index (χ3n) is 5.34. The van der Waals surface area contributed by atoms with Gasteiger partial charge in [-0.15, -0.1) is 0 Å². The lowest BCUT2D eigenvalue weighted by Gasteiger charge is -2.21. The molecule has 32 heavy (non-hydrogen) atoms. The third kappa shape index (κ3) is 4.22. The summed E-state index contributed by atoms with van der Waals surface area (Å²) in [6.45, 7) is 0.0833. The fourth-order valence-electron chi connectivity index (χ4n) is 3.82. The molecule has 11 heteroatoms. The second-order valence-corrected chi connectivity index (χ2v) is 10.3. The largest absolute Gasteiger partial charge is 0.481 e. The summed E-state index contributed by atoms with van der Waals surface area (Å²) >= 11 is 25.2. The quantitative estimate of drug-likeness (QED) is 0.532. The van der Waals surface area contributed by atoms with Crippen LogP contribution in [-0.4, -0.2) is 43.9 Å². The maximum atomic E-state index is 13.6. The fraction of sp³-hybridized carbons (Fsp3) is 0.238. The van der Waals surface area contributed by atoms with E-state index in [2.05, 4.69) is 0 Å². The Labute approximate surface area is 208 Å². The number of thiocarbonyl (C=S) groups is 1. The van der Waals surface area contributed by atoms with Gasteiger partial charge in [0.05, 0.1) is 18.9 Å². The summed E-state index contributed by atoms with van der Waals surface area (Å²) in [4.78, 5) is 40.4.